The first-order valence-corrected chi connectivity index (χ1v) is 6.75. The van der Waals surface area contributed by atoms with Gasteiger partial charge in [0.2, 0.25) is 5.91 Å². The number of nitrogens with two attached hydrogens (primary N) is 1. The molecule has 100 valence electrons. The maximum absolute atomic E-state index is 11.7. The summed E-state index contributed by atoms with van der Waals surface area (Å²) in [5.41, 5.74) is 7.47. The number of anilines is 2. The van der Waals surface area contributed by atoms with Crippen LogP contribution in [-0.2, 0) is 4.79 Å². The predicted molar refractivity (Wildman–Crippen MR) is 76.2 cm³/mol. The van der Waals surface area contributed by atoms with E-state index >= 15 is 0 Å². The summed E-state index contributed by atoms with van der Waals surface area (Å²) in [6.07, 6.45) is 0. The van der Waals surface area contributed by atoms with E-state index in [2.05, 4.69) is 10.5 Å². The molecule has 1 aromatic heterocycles. The second-order valence-corrected chi connectivity index (χ2v) is 5.20. The van der Waals surface area contributed by atoms with E-state index in [0.29, 0.717) is 17.3 Å². The fraction of sp³-hybridized carbons (Fsp3) is 0.231. The van der Waals surface area contributed by atoms with Gasteiger partial charge in [-0.15, -0.1) is 11.8 Å². The fourth-order valence-corrected chi connectivity index (χ4v) is 2.39. The Labute approximate surface area is 115 Å². The van der Waals surface area contributed by atoms with Crippen molar-refractivity contribution in [3.8, 4) is 0 Å². The number of hydrogen-bond donors (Lipinski definition) is 2. The molecule has 2 aromatic rings. The minimum Gasteiger partial charge on any atom is -0.399 e. The Hall–Kier alpha value is -1.95. The Morgan fingerprint density at radius 3 is 2.84 bits per heavy atom. The summed E-state index contributed by atoms with van der Waals surface area (Å²) in [6.45, 7) is 3.74. The highest BCUT2D eigenvalue weighted by atomic mass is 32.2. The lowest BCUT2D eigenvalue weighted by Crippen LogP contribution is -2.14. The van der Waals surface area contributed by atoms with Gasteiger partial charge in [0.15, 0.2) is 5.82 Å². The number of carbonyl (C=O) groups excluding carboxylic acids is 1. The molecule has 3 N–H and O–H groups in total. The number of benzene rings is 1. The second-order valence-electron chi connectivity index (χ2n) is 4.18. The lowest BCUT2D eigenvalue weighted by Gasteiger charge is -2.06. The number of carbonyl (C=O) groups is 1. The van der Waals surface area contributed by atoms with Crippen LogP contribution in [0, 0.1) is 13.8 Å². The maximum Gasteiger partial charge on any atom is 0.235 e. The molecule has 1 aromatic carbocycles. The van der Waals surface area contributed by atoms with Crippen molar-refractivity contribution in [1.29, 1.82) is 0 Å². The van der Waals surface area contributed by atoms with Gasteiger partial charge in [-0.05, 0) is 37.6 Å². The van der Waals surface area contributed by atoms with Crippen LogP contribution in [0.4, 0.5) is 11.5 Å². The third kappa shape index (κ3) is 3.75. The SMILES string of the molecule is Cc1cc(NC(=O)CSc2ccc(N)cc2C)no1. The normalized spacial score (nSPS) is 10.4. The largest absolute Gasteiger partial charge is 0.399 e. The maximum atomic E-state index is 11.7. The summed E-state index contributed by atoms with van der Waals surface area (Å²) in [5, 5.41) is 6.38. The van der Waals surface area contributed by atoms with Gasteiger partial charge in [0.1, 0.15) is 5.76 Å². The molecule has 0 spiro atoms. The monoisotopic (exact) mass is 277 g/mol. The first kappa shape index (κ1) is 13.5. The zero-order valence-corrected chi connectivity index (χ0v) is 11.6. The van der Waals surface area contributed by atoms with Crippen LogP contribution < -0.4 is 11.1 Å². The lowest BCUT2D eigenvalue weighted by molar-refractivity contribution is -0.113. The van der Waals surface area contributed by atoms with Gasteiger partial charge in [0, 0.05) is 16.6 Å². The third-order valence-electron chi connectivity index (χ3n) is 2.45. The van der Waals surface area contributed by atoms with E-state index in [0.717, 1.165) is 16.1 Å². The van der Waals surface area contributed by atoms with Crippen molar-refractivity contribution >= 4 is 29.2 Å². The van der Waals surface area contributed by atoms with Crippen LogP contribution in [0.15, 0.2) is 33.7 Å². The molecule has 19 heavy (non-hydrogen) atoms. The molecule has 0 bridgehead atoms. The number of rotatable bonds is 4. The number of nitrogens with zero attached hydrogens (tertiary/aromatic N) is 1. The summed E-state index contributed by atoms with van der Waals surface area (Å²) in [5.74, 6) is 1.31. The van der Waals surface area contributed by atoms with E-state index in [1.54, 1.807) is 13.0 Å². The molecule has 0 atom stereocenters. The van der Waals surface area contributed by atoms with E-state index in [9.17, 15) is 4.79 Å². The predicted octanol–water partition coefficient (Wildman–Crippen LogP) is 2.60. The van der Waals surface area contributed by atoms with Crippen LogP contribution in [0.3, 0.4) is 0 Å². The molecule has 0 aliphatic heterocycles. The van der Waals surface area contributed by atoms with Crippen LogP contribution >= 0.6 is 11.8 Å². The highest BCUT2D eigenvalue weighted by Gasteiger charge is 2.08. The number of aryl methyl sites for hydroxylation is 2. The van der Waals surface area contributed by atoms with Crippen molar-refractivity contribution in [3.05, 3.63) is 35.6 Å². The Morgan fingerprint density at radius 1 is 1.42 bits per heavy atom. The van der Waals surface area contributed by atoms with Crippen molar-refractivity contribution in [2.75, 3.05) is 16.8 Å². The first-order chi connectivity index (χ1) is 9.04. The van der Waals surface area contributed by atoms with Gasteiger partial charge in [-0.3, -0.25) is 4.79 Å². The van der Waals surface area contributed by atoms with E-state index < -0.39 is 0 Å². The molecule has 5 nitrogen and oxygen atoms in total. The summed E-state index contributed by atoms with van der Waals surface area (Å²) in [4.78, 5) is 12.8. The van der Waals surface area contributed by atoms with E-state index in [4.69, 9.17) is 10.3 Å². The minimum absolute atomic E-state index is 0.116. The quantitative estimate of drug-likeness (QED) is 0.663. The zero-order valence-electron chi connectivity index (χ0n) is 10.8. The Bertz CT molecular complexity index is 595. The van der Waals surface area contributed by atoms with Crippen LogP contribution in [0.25, 0.3) is 0 Å². The standard InChI is InChI=1S/C13H15N3O2S/c1-8-5-10(14)3-4-11(8)19-7-13(17)15-12-6-9(2)18-16-12/h3-6H,7,14H2,1-2H3,(H,15,16,17). The van der Waals surface area contributed by atoms with Crippen molar-refractivity contribution < 1.29 is 9.32 Å². The number of amides is 1. The number of nitrogen functional groups attached to an aromatic ring is 1. The van der Waals surface area contributed by atoms with Gasteiger partial charge < -0.3 is 15.6 Å². The summed E-state index contributed by atoms with van der Waals surface area (Å²) < 4.78 is 4.88. The zero-order chi connectivity index (χ0) is 13.8. The van der Waals surface area contributed by atoms with Gasteiger partial charge >= 0.3 is 0 Å². The molecule has 6 heteroatoms. The molecule has 1 heterocycles. The van der Waals surface area contributed by atoms with Gasteiger partial charge in [-0.2, -0.15) is 0 Å². The van der Waals surface area contributed by atoms with Crippen LogP contribution in [-0.4, -0.2) is 16.8 Å². The summed E-state index contributed by atoms with van der Waals surface area (Å²) >= 11 is 1.46. The molecule has 0 unspecified atom stereocenters. The highest BCUT2D eigenvalue weighted by molar-refractivity contribution is 8.00. The number of hydrogen-bond acceptors (Lipinski definition) is 5. The highest BCUT2D eigenvalue weighted by Crippen LogP contribution is 2.24. The van der Waals surface area contributed by atoms with Gasteiger partial charge in [-0.1, -0.05) is 5.16 Å². The average molecular weight is 277 g/mol. The lowest BCUT2D eigenvalue weighted by atomic mass is 10.2. The van der Waals surface area contributed by atoms with Gasteiger partial charge in [0.25, 0.3) is 0 Å². The van der Waals surface area contributed by atoms with Gasteiger partial charge in [0.05, 0.1) is 5.75 Å². The Balaban J connectivity index is 1.89. The summed E-state index contributed by atoms with van der Waals surface area (Å²) in [7, 11) is 0. The minimum atomic E-state index is -0.116. The van der Waals surface area contributed by atoms with Crippen LogP contribution in [0.2, 0.25) is 0 Å². The molecule has 0 fully saturated rings. The Kier molecular flexibility index (Phi) is 4.11. The molecule has 0 aliphatic carbocycles. The topological polar surface area (TPSA) is 81.2 Å². The smallest absolute Gasteiger partial charge is 0.235 e. The van der Waals surface area contributed by atoms with E-state index in [1.807, 2.05) is 25.1 Å². The third-order valence-corrected chi connectivity index (χ3v) is 3.63. The number of thioether (sulfide) groups is 1. The molecule has 2 rings (SSSR count). The molecular formula is C13H15N3O2S. The van der Waals surface area contributed by atoms with Crippen LogP contribution in [0.5, 0.6) is 0 Å². The number of aromatic nitrogens is 1. The van der Waals surface area contributed by atoms with Crippen molar-refractivity contribution in [2.24, 2.45) is 0 Å². The van der Waals surface area contributed by atoms with E-state index in [1.165, 1.54) is 11.8 Å². The first-order valence-electron chi connectivity index (χ1n) is 5.76. The van der Waals surface area contributed by atoms with Crippen molar-refractivity contribution in [1.82, 2.24) is 5.16 Å². The average Bonchev–Trinajstić information content (AvgIpc) is 2.73. The van der Waals surface area contributed by atoms with E-state index in [-0.39, 0.29) is 5.91 Å². The number of nitrogens with one attached hydrogen (secondary N) is 1. The molecule has 0 aliphatic rings. The van der Waals surface area contributed by atoms with Gasteiger partial charge in [-0.25, -0.2) is 0 Å². The van der Waals surface area contributed by atoms with Crippen molar-refractivity contribution in [3.63, 3.8) is 0 Å². The Morgan fingerprint density at radius 2 is 2.21 bits per heavy atom. The fourth-order valence-electron chi connectivity index (χ4n) is 1.58. The van der Waals surface area contributed by atoms with Crippen molar-refractivity contribution in [2.45, 2.75) is 18.7 Å². The molecule has 0 saturated heterocycles. The van der Waals surface area contributed by atoms with Crippen LogP contribution in [0.1, 0.15) is 11.3 Å². The molecule has 0 saturated carbocycles. The molecule has 1 amide bonds. The second kappa shape index (κ2) is 5.79. The summed E-state index contributed by atoms with van der Waals surface area (Å²) in [6, 6.07) is 7.31. The molecular weight excluding hydrogens is 262 g/mol. The molecule has 0 radical (unpaired) electrons.